The zero-order valence-corrected chi connectivity index (χ0v) is 11.4. The average molecular weight is 281 g/mol. The van der Waals surface area contributed by atoms with Crippen LogP contribution < -0.4 is 0 Å². The van der Waals surface area contributed by atoms with Crippen LogP contribution in [0.5, 0.6) is 0 Å². The lowest BCUT2D eigenvalue weighted by atomic mass is 10.1. The van der Waals surface area contributed by atoms with Gasteiger partial charge in [0.15, 0.2) is 0 Å². The van der Waals surface area contributed by atoms with Gasteiger partial charge in [-0.1, -0.05) is 31.9 Å². The van der Waals surface area contributed by atoms with E-state index in [0.717, 1.165) is 10.7 Å². The van der Waals surface area contributed by atoms with Gasteiger partial charge in [0.25, 0.3) is 15.9 Å². The summed E-state index contributed by atoms with van der Waals surface area (Å²) in [6.45, 7) is 1.94. The van der Waals surface area contributed by atoms with E-state index in [4.69, 9.17) is 0 Å². The molecule has 1 atom stereocenters. The van der Waals surface area contributed by atoms with Gasteiger partial charge in [-0.05, 0) is 18.6 Å². The van der Waals surface area contributed by atoms with Crippen molar-refractivity contribution in [2.75, 3.05) is 0 Å². The Morgan fingerprint density at radius 1 is 1.32 bits per heavy atom. The van der Waals surface area contributed by atoms with Gasteiger partial charge < -0.3 is 4.79 Å². The van der Waals surface area contributed by atoms with Crippen molar-refractivity contribution in [1.29, 1.82) is 0 Å². The van der Waals surface area contributed by atoms with Gasteiger partial charge in [0.1, 0.15) is 17.2 Å². The number of aldehydes is 1. The summed E-state index contributed by atoms with van der Waals surface area (Å²) in [4.78, 5) is 23.3. The highest BCUT2D eigenvalue weighted by Crippen LogP contribution is 2.32. The van der Waals surface area contributed by atoms with Crippen molar-refractivity contribution in [3.8, 4) is 0 Å². The van der Waals surface area contributed by atoms with Crippen LogP contribution in [-0.2, 0) is 14.8 Å². The number of unbranched alkanes of at least 4 members (excludes halogenated alkanes) is 1. The molecule has 0 saturated heterocycles. The first-order valence-electron chi connectivity index (χ1n) is 6.17. The molecule has 0 saturated carbocycles. The number of benzene rings is 1. The van der Waals surface area contributed by atoms with E-state index in [1.165, 1.54) is 12.1 Å². The smallest absolute Gasteiger partial charge is 0.269 e. The van der Waals surface area contributed by atoms with Crippen LogP contribution >= 0.6 is 0 Å². The van der Waals surface area contributed by atoms with Crippen LogP contribution in [0, 0.1) is 0 Å². The fourth-order valence-electron chi connectivity index (χ4n) is 2.18. The second kappa shape index (κ2) is 5.13. The Bertz CT molecular complexity index is 609. The molecule has 1 aromatic carbocycles. The molecule has 102 valence electrons. The molecule has 2 rings (SSSR count). The topological polar surface area (TPSA) is 71.5 Å². The third-order valence-electron chi connectivity index (χ3n) is 3.17. The zero-order valence-electron chi connectivity index (χ0n) is 10.6. The number of hydrogen-bond donors (Lipinski definition) is 0. The van der Waals surface area contributed by atoms with Crippen molar-refractivity contribution >= 4 is 22.2 Å². The van der Waals surface area contributed by atoms with Crippen LogP contribution in [0.1, 0.15) is 36.5 Å². The summed E-state index contributed by atoms with van der Waals surface area (Å²) in [5.74, 6) is -0.608. The minimum Gasteiger partial charge on any atom is -0.301 e. The standard InChI is InChI=1S/C13H15NO4S/c1-2-3-6-10(9-15)14-13(16)11-7-4-5-8-12(11)19(14,17)18/h4-5,7-10H,2-3,6H2,1H3. The molecule has 0 radical (unpaired) electrons. The fourth-order valence-corrected chi connectivity index (χ4v) is 3.91. The van der Waals surface area contributed by atoms with E-state index in [-0.39, 0.29) is 10.5 Å². The first kappa shape index (κ1) is 13.7. The molecule has 1 amide bonds. The van der Waals surface area contributed by atoms with Crippen molar-refractivity contribution in [3.63, 3.8) is 0 Å². The number of fused-ring (bicyclic) bond motifs is 1. The largest absolute Gasteiger partial charge is 0.301 e. The first-order valence-corrected chi connectivity index (χ1v) is 7.61. The Morgan fingerprint density at radius 3 is 2.58 bits per heavy atom. The minimum absolute atomic E-state index is 0.0108. The highest BCUT2D eigenvalue weighted by atomic mass is 32.2. The predicted octanol–water partition coefficient (Wildman–Crippen LogP) is 1.59. The van der Waals surface area contributed by atoms with Gasteiger partial charge in [-0.3, -0.25) is 4.79 Å². The van der Waals surface area contributed by atoms with E-state index in [9.17, 15) is 18.0 Å². The molecule has 0 aliphatic carbocycles. The van der Waals surface area contributed by atoms with Gasteiger partial charge in [-0.15, -0.1) is 0 Å². The Kier molecular flexibility index (Phi) is 3.71. The van der Waals surface area contributed by atoms with Crippen LogP contribution in [0.2, 0.25) is 0 Å². The molecule has 1 heterocycles. The molecule has 1 aromatic rings. The molecule has 0 spiro atoms. The van der Waals surface area contributed by atoms with Gasteiger partial charge in [0, 0.05) is 0 Å². The van der Waals surface area contributed by atoms with Crippen LogP contribution in [0.3, 0.4) is 0 Å². The molecule has 0 bridgehead atoms. The molecular weight excluding hydrogens is 266 g/mol. The van der Waals surface area contributed by atoms with Gasteiger partial charge in [-0.25, -0.2) is 12.7 Å². The van der Waals surface area contributed by atoms with Gasteiger partial charge in [-0.2, -0.15) is 0 Å². The summed E-state index contributed by atoms with van der Waals surface area (Å²) in [5, 5.41) is 0. The minimum atomic E-state index is -3.88. The summed E-state index contributed by atoms with van der Waals surface area (Å²) in [7, 11) is -3.88. The van der Waals surface area contributed by atoms with E-state index in [2.05, 4.69) is 0 Å². The van der Waals surface area contributed by atoms with Crippen molar-refractivity contribution in [1.82, 2.24) is 4.31 Å². The van der Waals surface area contributed by atoms with Crippen LogP contribution in [0.4, 0.5) is 0 Å². The summed E-state index contributed by atoms with van der Waals surface area (Å²) in [6.07, 6.45) is 2.42. The summed E-state index contributed by atoms with van der Waals surface area (Å²) < 4.78 is 25.3. The van der Waals surface area contributed by atoms with E-state index in [0.29, 0.717) is 19.1 Å². The number of carbonyl (C=O) groups excluding carboxylic acids is 2. The monoisotopic (exact) mass is 281 g/mol. The number of sulfonamides is 1. The summed E-state index contributed by atoms with van der Waals surface area (Å²) in [5.41, 5.74) is 0.144. The maximum absolute atomic E-state index is 12.3. The number of carbonyl (C=O) groups is 2. The molecule has 19 heavy (non-hydrogen) atoms. The lowest BCUT2D eigenvalue weighted by Crippen LogP contribution is -2.40. The van der Waals surface area contributed by atoms with E-state index < -0.39 is 22.0 Å². The first-order chi connectivity index (χ1) is 9.04. The molecule has 6 heteroatoms. The van der Waals surface area contributed by atoms with Crippen LogP contribution in [0.15, 0.2) is 29.2 Å². The van der Waals surface area contributed by atoms with Crippen molar-refractivity contribution in [2.45, 2.75) is 37.1 Å². The summed E-state index contributed by atoms with van der Waals surface area (Å²) in [6, 6.07) is 5.12. The number of hydrogen-bond acceptors (Lipinski definition) is 4. The average Bonchev–Trinajstić information content (AvgIpc) is 2.61. The number of amides is 1. The maximum Gasteiger partial charge on any atom is 0.269 e. The maximum atomic E-state index is 12.3. The molecule has 1 aliphatic heterocycles. The summed E-state index contributed by atoms with van der Waals surface area (Å²) >= 11 is 0. The number of rotatable bonds is 5. The molecule has 0 fully saturated rings. The van der Waals surface area contributed by atoms with Crippen LogP contribution in [0.25, 0.3) is 0 Å². The van der Waals surface area contributed by atoms with Crippen molar-refractivity contribution < 1.29 is 18.0 Å². The SMILES string of the molecule is CCCCC(C=O)N1C(=O)c2ccccc2S1(=O)=O. The molecular formula is C13H15NO4S. The third kappa shape index (κ3) is 2.16. The van der Waals surface area contributed by atoms with E-state index >= 15 is 0 Å². The van der Waals surface area contributed by atoms with Crippen molar-refractivity contribution in [3.05, 3.63) is 29.8 Å². The number of nitrogens with zero attached hydrogens (tertiary/aromatic N) is 1. The second-order valence-electron chi connectivity index (χ2n) is 4.45. The quantitative estimate of drug-likeness (QED) is 0.768. The Balaban J connectivity index is 2.44. The van der Waals surface area contributed by atoms with E-state index in [1.54, 1.807) is 12.1 Å². The second-order valence-corrected chi connectivity index (χ2v) is 6.23. The lowest BCUT2D eigenvalue weighted by Gasteiger charge is -2.21. The van der Waals surface area contributed by atoms with Gasteiger partial charge in [0.05, 0.1) is 5.56 Å². The normalized spacial score (nSPS) is 18.2. The molecule has 1 aliphatic rings. The molecule has 0 N–H and O–H groups in total. The Hall–Kier alpha value is -1.69. The van der Waals surface area contributed by atoms with Gasteiger partial charge >= 0.3 is 0 Å². The highest BCUT2D eigenvalue weighted by Gasteiger charge is 2.44. The van der Waals surface area contributed by atoms with Crippen LogP contribution in [-0.4, -0.2) is 31.0 Å². The lowest BCUT2D eigenvalue weighted by molar-refractivity contribution is -0.110. The molecule has 0 aromatic heterocycles. The third-order valence-corrected chi connectivity index (χ3v) is 5.03. The van der Waals surface area contributed by atoms with Crippen molar-refractivity contribution in [2.24, 2.45) is 0 Å². The predicted molar refractivity (Wildman–Crippen MR) is 69.2 cm³/mol. The Morgan fingerprint density at radius 2 is 2.00 bits per heavy atom. The zero-order chi connectivity index (χ0) is 14.0. The molecule has 1 unspecified atom stereocenters. The van der Waals surface area contributed by atoms with E-state index in [1.807, 2.05) is 6.92 Å². The highest BCUT2D eigenvalue weighted by molar-refractivity contribution is 7.90. The molecule has 5 nitrogen and oxygen atoms in total. The fraction of sp³-hybridized carbons (Fsp3) is 0.385. The Labute approximate surface area is 112 Å². The van der Waals surface area contributed by atoms with Gasteiger partial charge in [0.2, 0.25) is 0 Å².